The van der Waals surface area contributed by atoms with Crippen molar-refractivity contribution in [3.05, 3.63) is 76.0 Å². The second kappa shape index (κ2) is 9.13. The monoisotopic (exact) mass is 426 g/mol. The molecule has 156 valence electrons. The van der Waals surface area contributed by atoms with E-state index in [0.717, 1.165) is 11.5 Å². The van der Waals surface area contributed by atoms with Gasteiger partial charge in [0.1, 0.15) is 11.9 Å². The first-order chi connectivity index (χ1) is 14.3. The highest BCUT2D eigenvalue weighted by Gasteiger charge is 2.35. The van der Waals surface area contributed by atoms with Crippen LogP contribution in [0.2, 0.25) is 0 Å². The summed E-state index contributed by atoms with van der Waals surface area (Å²) >= 11 is 1.09. The predicted octanol–water partition coefficient (Wildman–Crippen LogP) is 4.21. The van der Waals surface area contributed by atoms with Crippen LogP contribution in [-0.4, -0.2) is 27.4 Å². The minimum absolute atomic E-state index is 0.138. The molecule has 3 rings (SSSR count). The lowest BCUT2D eigenvalue weighted by atomic mass is 10.0. The summed E-state index contributed by atoms with van der Waals surface area (Å²) in [4.78, 5) is 28.7. The molecule has 0 radical (unpaired) electrons. The van der Waals surface area contributed by atoms with E-state index in [9.17, 15) is 14.0 Å². The standard InChI is InChI=1S/C22H23FN4O2S/c1-13(2)24-21(28)20(16-8-6-5-7-9-16)27(17-11-10-14(3)18(23)12-17)22(29)19-15(4)30-26-25-19/h5-13,20H,1-4H3,(H,24,28). The van der Waals surface area contributed by atoms with E-state index in [1.54, 1.807) is 50.2 Å². The van der Waals surface area contributed by atoms with E-state index < -0.39 is 17.8 Å². The zero-order chi connectivity index (χ0) is 21.8. The molecule has 1 atom stereocenters. The van der Waals surface area contributed by atoms with Crippen molar-refractivity contribution in [1.82, 2.24) is 14.9 Å². The van der Waals surface area contributed by atoms with Crippen LogP contribution in [0.15, 0.2) is 48.5 Å². The van der Waals surface area contributed by atoms with Gasteiger partial charge in [0.25, 0.3) is 5.91 Å². The molecule has 0 aliphatic heterocycles. The number of nitrogens with zero attached hydrogens (tertiary/aromatic N) is 3. The zero-order valence-electron chi connectivity index (χ0n) is 17.2. The van der Waals surface area contributed by atoms with Crippen molar-refractivity contribution >= 4 is 29.0 Å². The van der Waals surface area contributed by atoms with Crippen LogP contribution >= 0.6 is 11.5 Å². The summed E-state index contributed by atoms with van der Waals surface area (Å²) in [6.45, 7) is 7.05. The lowest BCUT2D eigenvalue weighted by Gasteiger charge is -2.31. The van der Waals surface area contributed by atoms with Gasteiger partial charge >= 0.3 is 0 Å². The van der Waals surface area contributed by atoms with Crippen LogP contribution in [-0.2, 0) is 4.79 Å². The fourth-order valence-electron chi connectivity index (χ4n) is 3.08. The minimum Gasteiger partial charge on any atom is -0.352 e. The van der Waals surface area contributed by atoms with Crippen LogP contribution in [0.5, 0.6) is 0 Å². The van der Waals surface area contributed by atoms with Crippen LogP contribution in [0.25, 0.3) is 0 Å². The van der Waals surface area contributed by atoms with Gasteiger partial charge in [0, 0.05) is 11.7 Å². The molecule has 0 bridgehead atoms. The van der Waals surface area contributed by atoms with E-state index >= 15 is 0 Å². The predicted molar refractivity (Wildman–Crippen MR) is 115 cm³/mol. The van der Waals surface area contributed by atoms with Crippen molar-refractivity contribution in [2.45, 2.75) is 39.8 Å². The Kier molecular flexibility index (Phi) is 6.56. The van der Waals surface area contributed by atoms with E-state index in [4.69, 9.17) is 0 Å². The number of aromatic nitrogens is 2. The number of benzene rings is 2. The fraction of sp³-hybridized carbons (Fsp3) is 0.273. The second-order valence-corrected chi connectivity index (χ2v) is 8.22. The Labute approximate surface area is 178 Å². The first-order valence-electron chi connectivity index (χ1n) is 9.53. The van der Waals surface area contributed by atoms with Crippen LogP contribution in [0.4, 0.5) is 10.1 Å². The summed E-state index contributed by atoms with van der Waals surface area (Å²) in [5.41, 5.74) is 1.45. The molecule has 0 spiro atoms. The Hall–Kier alpha value is -3.13. The van der Waals surface area contributed by atoms with E-state index in [0.29, 0.717) is 16.0 Å². The third kappa shape index (κ3) is 4.54. The Balaban J connectivity index is 2.20. The molecule has 6 nitrogen and oxygen atoms in total. The van der Waals surface area contributed by atoms with Crippen LogP contribution < -0.4 is 10.2 Å². The number of carbonyl (C=O) groups is 2. The summed E-state index contributed by atoms with van der Waals surface area (Å²) in [5, 5.41) is 6.82. The number of rotatable bonds is 6. The summed E-state index contributed by atoms with van der Waals surface area (Å²) in [6.07, 6.45) is 0. The number of aryl methyl sites for hydroxylation is 2. The third-order valence-electron chi connectivity index (χ3n) is 4.56. The first kappa shape index (κ1) is 21.6. The SMILES string of the molecule is Cc1ccc(N(C(=O)c2nnsc2C)C(C(=O)NC(C)C)c2ccccc2)cc1F. The third-order valence-corrected chi connectivity index (χ3v) is 5.19. The number of nitrogens with one attached hydrogen (secondary N) is 1. The van der Waals surface area contributed by atoms with Crippen LogP contribution in [0.1, 0.15) is 46.4 Å². The highest BCUT2D eigenvalue weighted by Crippen LogP contribution is 2.31. The molecule has 0 aliphatic rings. The Bertz CT molecular complexity index is 1050. The molecule has 1 heterocycles. The highest BCUT2D eigenvalue weighted by atomic mass is 32.1. The Morgan fingerprint density at radius 1 is 1.10 bits per heavy atom. The lowest BCUT2D eigenvalue weighted by Crippen LogP contribution is -2.46. The van der Waals surface area contributed by atoms with Gasteiger partial charge in [-0.05, 0) is 62.5 Å². The molecule has 1 N–H and O–H groups in total. The molecular weight excluding hydrogens is 403 g/mol. The van der Waals surface area contributed by atoms with E-state index in [1.165, 1.54) is 11.0 Å². The number of amides is 2. The normalized spacial score (nSPS) is 11.9. The summed E-state index contributed by atoms with van der Waals surface area (Å²) in [6, 6.07) is 12.3. The van der Waals surface area contributed by atoms with Gasteiger partial charge in [-0.1, -0.05) is 40.9 Å². The van der Waals surface area contributed by atoms with E-state index in [2.05, 4.69) is 14.9 Å². The highest BCUT2D eigenvalue weighted by molar-refractivity contribution is 7.05. The van der Waals surface area contributed by atoms with Crippen molar-refractivity contribution in [2.75, 3.05) is 4.90 Å². The minimum atomic E-state index is -1.01. The largest absolute Gasteiger partial charge is 0.352 e. The van der Waals surface area contributed by atoms with E-state index in [-0.39, 0.29) is 23.3 Å². The first-order valence-corrected chi connectivity index (χ1v) is 10.3. The average molecular weight is 427 g/mol. The molecular formula is C22H23FN4O2S. The number of halogens is 1. The molecule has 0 fully saturated rings. The van der Waals surface area contributed by atoms with Gasteiger partial charge in [0.2, 0.25) is 5.91 Å². The number of anilines is 1. The van der Waals surface area contributed by atoms with Gasteiger partial charge in [-0.3, -0.25) is 14.5 Å². The van der Waals surface area contributed by atoms with Crippen molar-refractivity contribution in [2.24, 2.45) is 0 Å². The topological polar surface area (TPSA) is 75.2 Å². The second-order valence-electron chi connectivity index (χ2n) is 7.26. The molecule has 8 heteroatoms. The Morgan fingerprint density at radius 3 is 2.37 bits per heavy atom. The number of carbonyl (C=O) groups excluding carboxylic acids is 2. The molecule has 1 aromatic heterocycles. The molecule has 0 aliphatic carbocycles. The molecule has 3 aromatic rings. The van der Waals surface area contributed by atoms with Gasteiger partial charge in [0.05, 0.1) is 4.88 Å². The molecule has 2 amide bonds. The lowest BCUT2D eigenvalue weighted by molar-refractivity contribution is -0.123. The van der Waals surface area contributed by atoms with Crippen LogP contribution in [0, 0.1) is 19.7 Å². The molecule has 2 aromatic carbocycles. The van der Waals surface area contributed by atoms with Crippen molar-refractivity contribution in [3.63, 3.8) is 0 Å². The molecule has 0 saturated carbocycles. The van der Waals surface area contributed by atoms with Gasteiger partial charge in [-0.25, -0.2) is 4.39 Å². The van der Waals surface area contributed by atoms with Crippen LogP contribution in [0.3, 0.4) is 0 Å². The number of hydrogen-bond donors (Lipinski definition) is 1. The van der Waals surface area contributed by atoms with Crippen molar-refractivity contribution < 1.29 is 14.0 Å². The van der Waals surface area contributed by atoms with Gasteiger partial charge in [-0.2, -0.15) is 0 Å². The zero-order valence-corrected chi connectivity index (χ0v) is 18.0. The summed E-state index contributed by atoms with van der Waals surface area (Å²) < 4.78 is 18.3. The molecule has 1 unspecified atom stereocenters. The van der Waals surface area contributed by atoms with Crippen molar-refractivity contribution in [1.29, 1.82) is 0 Å². The quantitative estimate of drug-likeness (QED) is 0.641. The molecule has 30 heavy (non-hydrogen) atoms. The molecule has 0 saturated heterocycles. The maximum Gasteiger partial charge on any atom is 0.281 e. The maximum atomic E-state index is 14.4. The van der Waals surface area contributed by atoms with Gasteiger partial charge in [0.15, 0.2) is 5.69 Å². The average Bonchev–Trinajstić information content (AvgIpc) is 3.13. The van der Waals surface area contributed by atoms with Gasteiger partial charge in [-0.15, -0.1) is 5.10 Å². The summed E-state index contributed by atoms with van der Waals surface area (Å²) in [5.74, 6) is -1.35. The maximum absolute atomic E-state index is 14.4. The number of hydrogen-bond acceptors (Lipinski definition) is 5. The van der Waals surface area contributed by atoms with Gasteiger partial charge < -0.3 is 5.32 Å². The van der Waals surface area contributed by atoms with E-state index in [1.807, 2.05) is 19.9 Å². The summed E-state index contributed by atoms with van der Waals surface area (Å²) in [7, 11) is 0. The fourth-order valence-corrected chi connectivity index (χ4v) is 3.53. The van der Waals surface area contributed by atoms with Crippen molar-refractivity contribution in [3.8, 4) is 0 Å². The Morgan fingerprint density at radius 2 is 1.80 bits per heavy atom. The smallest absolute Gasteiger partial charge is 0.281 e.